The predicted molar refractivity (Wildman–Crippen MR) is 112 cm³/mol. The molecule has 3 rings (SSSR count). The summed E-state index contributed by atoms with van der Waals surface area (Å²) in [5, 5.41) is 1.35. The van der Waals surface area contributed by atoms with E-state index in [1.54, 1.807) is 24.3 Å². The molecule has 1 aliphatic carbocycles. The van der Waals surface area contributed by atoms with Gasteiger partial charge in [0.15, 0.2) is 9.84 Å². The first kappa shape index (κ1) is 20.3. The first-order chi connectivity index (χ1) is 13.3. The fraction of sp³-hybridized carbons (Fsp3) is 0.348. The Kier molecular flexibility index (Phi) is 6.35. The second-order valence-electron chi connectivity index (χ2n) is 7.48. The van der Waals surface area contributed by atoms with Crippen LogP contribution in [0.15, 0.2) is 64.9 Å². The third kappa shape index (κ3) is 5.55. The molecular formula is C23H27NO3S. The first-order valence-electron chi connectivity index (χ1n) is 9.59. The molecule has 2 aromatic rings. The lowest BCUT2D eigenvalue weighted by atomic mass is 9.87. The molecule has 0 radical (unpaired) electrons. The van der Waals surface area contributed by atoms with Crippen LogP contribution in [-0.2, 0) is 16.4 Å². The molecule has 0 unspecified atom stereocenters. The van der Waals surface area contributed by atoms with Gasteiger partial charge in [0, 0.05) is 16.8 Å². The summed E-state index contributed by atoms with van der Waals surface area (Å²) in [5.41, 5.74) is 4.21. The summed E-state index contributed by atoms with van der Waals surface area (Å²) < 4.78 is 30.9. The van der Waals surface area contributed by atoms with Crippen LogP contribution in [0.5, 0.6) is 5.75 Å². The third-order valence-corrected chi connectivity index (χ3v) is 6.41. The van der Waals surface area contributed by atoms with E-state index in [2.05, 4.69) is 11.6 Å². The average Bonchev–Trinajstić information content (AvgIpc) is 2.66. The SMILES string of the molecule is C=C1CCC(/C=C/S(=O)(=O)c2ccc(OCc3cc(C)nc(C)c3)cc2)CC1. The Bertz CT molecular complexity index is 945. The van der Waals surface area contributed by atoms with E-state index in [0.29, 0.717) is 18.3 Å². The zero-order valence-electron chi connectivity index (χ0n) is 16.5. The molecule has 1 heterocycles. The largest absolute Gasteiger partial charge is 0.489 e. The molecule has 0 saturated heterocycles. The van der Waals surface area contributed by atoms with Crippen LogP contribution in [0.1, 0.15) is 42.6 Å². The third-order valence-electron chi connectivity index (χ3n) is 4.97. The molecule has 0 bridgehead atoms. The smallest absolute Gasteiger partial charge is 0.199 e. The van der Waals surface area contributed by atoms with Crippen molar-refractivity contribution in [2.45, 2.75) is 51.0 Å². The Labute approximate surface area is 167 Å². The van der Waals surface area contributed by atoms with E-state index in [1.165, 1.54) is 11.0 Å². The van der Waals surface area contributed by atoms with E-state index in [4.69, 9.17) is 4.74 Å². The Morgan fingerprint density at radius 1 is 1.11 bits per heavy atom. The van der Waals surface area contributed by atoms with Crippen molar-refractivity contribution < 1.29 is 13.2 Å². The van der Waals surface area contributed by atoms with E-state index in [9.17, 15) is 8.42 Å². The van der Waals surface area contributed by atoms with Crippen LogP contribution in [0.25, 0.3) is 0 Å². The molecule has 28 heavy (non-hydrogen) atoms. The van der Waals surface area contributed by atoms with Gasteiger partial charge in [-0.15, -0.1) is 0 Å². The van der Waals surface area contributed by atoms with Crippen molar-refractivity contribution in [3.8, 4) is 5.75 Å². The van der Waals surface area contributed by atoms with Crippen LogP contribution >= 0.6 is 0 Å². The second-order valence-corrected chi connectivity index (χ2v) is 9.31. The Balaban J connectivity index is 1.61. The van der Waals surface area contributed by atoms with Gasteiger partial charge in [0.05, 0.1) is 4.90 Å². The Morgan fingerprint density at radius 3 is 2.32 bits per heavy atom. The molecule has 1 aromatic carbocycles. The van der Waals surface area contributed by atoms with Crippen molar-refractivity contribution in [3.63, 3.8) is 0 Å². The quantitative estimate of drug-likeness (QED) is 0.620. The van der Waals surface area contributed by atoms with Crippen LogP contribution in [-0.4, -0.2) is 13.4 Å². The number of rotatable bonds is 6. The summed E-state index contributed by atoms with van der Waals surface area (Å²) in [6, 6.07) is 10.6. The van der Waals surface area contributed by atoms with E-state index >= 15 is 0 Å². The topological polar surface area (TPSA) is 56.3 Å². The maximum atomic E-state index is 12.6. The fourth-order valence-electron chi connectivity index (χ4n) is 3.43. The fourth-order valence-corrected chi connectivity index (χ4v) is 4.53. The van der Waals surface area contributed by atoms with Gasteiger partial charge in [0.25, 0.3) is 0 Å². The van der Waals surface area contributed by atoms with Crippen LogP contribution in [0, 0.1) is 19.8 Å². The summed E-state index contributed by atoms with van der Waals surface area (Å²) in [7, 11) is -3.44. The van der Waals surface area contributed by atoms with Gasteiger partial charge in [-0.2, -0.15) is 0 Å². The number of hydrogen-bond acceptors (Lipinski definition) is 4. The molecule has 4 nitrogen and oxygen atoms in total. The number of ether oxygens (including phenoxy) is 1. The standard InChI is InChI=1S/C23H27NO3S/c1-17-4-6-20(7-5-17)12-13-28(25,26)23-10-8-22(9-11-23)27-16-21-14-18(2)24-19(3)15-21/h8-15,20H,1,4-7,16H2,2-3H3/b13-12+. The highest BCUT2D eigenvalue weighted by Crippen LogP contribution is 2.28. The summed E-state index contributed by atoms with van der Waals surface area (Å²) in [6.07, 6.45) is 5.76. The number of sulfone groups is 1. The Hall–Kier alpha value is -2.40. The zero-order valence-corrected chi connectivity index (χ0v) is 17.3. The van der Waals surface area contributed by atoms with Crippen molar-refractivity contribution in [2.24, 2.45) is 5.92 Å². The summed E-state index contributed by atoms with van der Waals surface area (Å²) >= 11 is 0. The minimum Gasteiger partial charge on any atom is -0.489 e. The van der Waals surface area contributed by atoms with Gasteiger partial charge in [-0.3, -0.25) is 4.98 Å². The normalized spacial score (nSPS) is 15.9. The minimum atomic E-state index is -3.44. The van der Waals surface area contributed by atoms with Crippen molar-refractivity contribution in [3.05, 3.63) is 77.0 Å². The van der Waals surface area contributed by atoms with Crippen molar-refractivity contribution in [1.29, 1.82) is 0 Å². The highest BCUT2D eigenvalue weighted by Gasteiger charge is 2.15. The molecular weight excluding hydrogens is 370 g/mol. The van der Waals surface area contributed by atoms with Crippen LogP contribution in [0.4, 0.5) is 0 Å². The van der Waals surface area contributed by atoms with Crippen molar-refractivity contribution in [1.82, 2.24) is 4.98 Å². The number of nitrogens with zero attached hydrogens (tertiary/aromatic N) is 1. The summed E-state index contributed by atoms with van der Waals surface area (Å²) in [4.78, 5) is 4.63. The van der Waals surface area contributed by atoms with E-state index in [-0.39, 0.29) is 4.90 Å². The van der Waals surface area contributed by atoms with Gasteiger partial charge in [-0.1, -0.05) is 18.2 Å². The molecule has 1 saturated carbocycles. The van der Waals surface area contributed by atoms with Gasteiger partial charge < -0.3 is 4.74 Å². The lowest BCUT2D eigenvalue weighted by Crippen LogP contribution is -2.06. The molecule has 1 fully saturated rings. The number of aromatic nitrogens is 1. The highest BCUT2D eigenvalue weighted by molar-refractivity contribution is 7.94. The second kappa shape index (κ2) is 8.74. The van der Waals surface area contributed by atoms with Crippen LogP contribution in [0.2, 0.25) is 0 Å². The number of pyridine rings is 1. The number of hydrogen-bond donors (Lipinski definition) is 0. The molecule has 1 aromatic heterocycles. The molecule has 0 atom stereocenters. The van der Waals surface area contributed by atoms with Gasteiger partial charge in [0.1, 0.15) is 12.4 Å². The van der Waals surface area contributed by atoms with Gasteiger partial charge in [0.2, 0.25) is 0 Å². The molecule has 0 aliphatic heterocycles. The number of allylic oxidation sites excluding steroid dienone is 2. The van der Waals surface area contributed by atoms with Crippen molar-refractivity contribution in [2.75, 3.05) is 0 Å². The van der Waals surface area contributed by atoms with Crippen LogP contribution in [0.3, 0.4) is 0 Å². The minimum absolute atomic E-state index is 0.284. The lowest BCUT2D eigenvalue weighted by Gasteiger charge is -2.19. The van der Waals surface area contributed by atoms with Gasteiger partial charge >= 0.3 is 0 Å². The lowest BCUT2D eigenvalue weighted by molar-refractivity contribution is 0.305. The number of aryl methyl sites for hydroxylation is 2. The molecule has 0 spiro atoms. The van der Waals surface area contributed by atoms with E-state index < -0.39 is 9.84 Å². The maximum absolute atomic E-state index is 12.6. The zero-order chi connectivity index (χ0) is 20.1. The van der Waals surface area contributed by atoms with Crippen molar-refractivity contribution >= 4 is 9.84 Å². The average molecular weight is 398 g/mol. The molecule has 148 valence electrons. The predicted octanol–water partition coefficient (Wildman–Crippen LogP) is 5.31. The number of benzene rings is 1. The maximum Gasteiger partial charge on any atom is 0.199 e. The Morgan fingerprint density at radius 2 is 1.71 bits per heavy atom. The van der Waals surface area contributed by atoms with E-state index in [0.717, 1.165) is 42.6 Å². The van der Waals surface area contributed by atoms with Crippen LogP contribution < -0.4 is 4.74 Å². The molecule has 0 amide bonds. The molecule has 0 N–H and O–H groups in total. The molecule has 5 heteroatoms. The summed E-state index contributed by atoms with van der Waals surface area (Å²) in [6.45, 7) is 8.32. The van der Waals surface area contributed by atoms with E-state index in [1.807, 2.05) is 32.1 Å². The monoisotopic (exact) mass is 397 g/mol. The van der Waals surface area contributed by atoms with Gasteiger partial charge in [-0.05, 0) is 87.4 Å². The first-order valence-corrected chi connectivity index (χ1v) is 11.1. The molecule has 1 aliphatic rings. The highest BCUT2D eigenvalue weighted by atomic mass is 32.2. The van der Waals surface area contributed by atoms with Gasteiger partial charge in [-0.25, -0.2) is 8.42 Å². The summed E-state index contributed by atoms with van der Waals surface area (Å²) in [5.74, 6) is 0.955.